The summed E-state index contributed by atoms with van der Waals surface area (Å²) in [5, 5.41) is 11.1. The molecule has 0 spiro atoms. The maximum Gasteiger partial charge on any atom is 0.353 e. The number of carbonyl (C=O) groups is 1. The summed E-state index contributed by atoms with van der Waals surface area (Å²) in [5.41, 5.74) is 7.68. The van der Waals surface area contributed by atoms with Crippen molar-refractivity contribution in [2.24, 2.45) is 11.7 Å². The van der Waals surface area contributed by atoms with Gasteiger partial charge in [-0.1, -0.05) is 57.9 Å². The second kappa shape index (κ2) is 11.4. The van der Waals surface area contributed by atoms with Crippen LogP contribution in [0.2, 0.25) is 0 Å². The summed E-state index contributed by atoms with van der Waals surface area (Å²) < 4.78 is 18.3. The number of aliphatic hydroxyl groups is 1. The van der Waals surface area contributed by atoms with E-state index in [0.717, 1.165) is 12.0 Å². The number of aryl methyl sites for hydroxylation is 1. The number of unbranched alkanes of at least 4 members (excludes halogenated alkanes) is 2. The number of nitrogens with zero attached hydrogens (tertiary/aromatic N) is 2. The largest absolute Gasteiger partial charge is 0.462 e. The van der Waals surface area contributed by atoms with Gasteiger partial charge in [0.15, 0.2) is 0 Å². The van der Waals surface area contributed by atoms with E-state index in [2.05, 4.69) is 24.0 Å². The van der Waals surface area contributed by atoms with E-state index < -0.39 is 36.1 Å². The molecule has 3 aromatic rings. The normalized spacial score (nSPS) is 20.8. The highest BCUT2D eigenvalue weighted by molar-refractivity contribution is 5.79. The Morgan fingerprint density at radius 2 is 2.03 bits per heavy atom. The predicted octanol–water partition coefficient (Wildman–Crippen LogP) is 3.56. The van der Waals surface area contributed by atoms with Gasteiger partial charge in [0.05, 0.1) is 11.5 Å². The molecule has 0 saturated carbocycles. The minimum Gasteiger partial charge on any atom is -0.462 e. The van der Waals surface area contributed by atoms with E-state index in [-0.39, 0.29) is 24.7 Å². The van der Waals surface area contributed by atoms with Crippen LogP contribution in [0.25, 0.3) is 22.4 Å². The van der Waals surface area contributed by atoms with Crippen molar-refractivity contribution in [2.75, 3.05) is 6.61 Å². The maximum absolute atomic E-state index is 12.7. The quantitative estimate of drug-likeness (QED) is 0.321. The first-order valence-electron chi connectivity index (χ1n) is 12.6. The first kappa shape index (κ1) is 26.1. The van der Waals surface area contributed by atoms with E-state index in [4.69, 9.17) is 19.6 Å². The molecular formula is C27H35N3O6. The Kier molecular flexibility index (Phi) is 8.23. The Hall–Kier alpha value is -3.01. The van der Waals surface area contributed by atoms with Gasteiger partial charge in [-0.3, -0.25) is 9.36 Å². The van der Waals surface area contributed by atoms with Crippen LogP contribution < -0.4 is 11.4 Å². The summed E-state index contributed by atoms with van der Waals surface area (Å²) in [6.45, 7) is 5.69. The van der Waals surface area contributed by atoms with E-state index in [9.17, 15) is 14.7 Å². The number of hydrogen-bond donors (Lipinski definition) is 2. The minimum atomic E-state index is -0.906. The SMILES string of the molecule is CCCCCc1ccc(-c2cc3cn(C4CC(O)C(COC(=O)[C@@H](N)C(C)C)O4)c(=O)nc3o2)cc1. The van der Waals surface area contributed by atoms with Gasteiger partial charge in [0, 0.05) is 18.2 Å². The van der Waals surface area contributed by atoms with Gasteiger partial charge in [-0.05, 0) is 30.4 Å². The van der Waals surface area contributed by atoms with Crippen LogP contribution in [0.3, 0.4) is 0 Å². The van der Waals surface area contributed by atoms with Crippen molar-refractivity contribution in [1.82, 2.24) is 9.55 Å². The second-order valence-electron chi connectivity index (χ2n) is 9.79. The lowest BCUT2D eigenvalue weighted by Gasteiger charge is -2.18. The van der Waals surface area contributed by atoms with Gasteiger partial charge in [-0.15, -0.1) is 0 Å². The van der Waals surface area contributed by atoms with Gasteiger partial charge in [-0.2, -0.15) is 4.98 Å². The van der Waals surface area contributed by atoms with Crippen LogP contribution in [-0.4, -0.2) is 45.5 Å². The molecule has 4 rings (SSSR count). The molecule has 9 nitrogen and oxygen atoms in total. The summed E-state index contributed by atoms with van der Waals surface area (Å²) in [6.07, 6.45) is 4.00. The molecule has 2 aromatic heterocycles. The molecule has 194 valence electrons. The summed E-state index contributed by atoms with van der Waals surface area (Å²) >= 11 is 0. The Labute approximate surface area is 210 Å². The van der Waals surface area contributed by atoms with Gasteiger partial charge < -0.3 is 24.7 Å². The van der Waals surface area contributed by atoms with E-state index >= 15 is 0 Å². The third-order valence-electron chi connectivity index (χ3n) is 6.64. The Morgan fingerprint density at radius 3 is 2.72 bits per heavy atom. The minimum absolute atomic E-state index is 0.0698. The molecule has 4 atom stereocenters. The zero-order valence-corrected chi connectivity index (χ0v) is 21.1. The van der Waals surface area contributed by atoms with E-state index in [1.54, 1.807) is 6.20 Å². The van der Waals surface area contributed by atoms with Crippen molar-refractivity contribution >= 4 is 17.1 Å². The van der Waals surface area contributed by atoms with Crippen molar-refractivity contribution in [1.29, 1.82) is 0 Å². The molecule has 3 heterocycles. The van der Waals surface area contributed by atoms with Crippen LogP contribution in [-0.2, 0) is 20.7 Å². The Bertz CT molecular complexity index is 1230. The Morgan fingerprint density at radius 1 is 1.28 bits per heavy atom. The van der Waals surface area contributed by atoms with Crippen LogP contribution in [0.15, 0.2) is 45.7 Å². The number of furan rings is 1. The van der Waals surface area contributed by atoms with Gasteiger partial charge in [0.2, 0.25) is 5.71 Å². The molecule has 3 N–H and O–H groups in total. The second-order valence-corrected chi connectivity index (χ2v) is 9.79. The number of aliphatic hydroxyl groups excluding tert-OH is 1. The van der Waals surface area contributed by atoms with Gasteiger partial charge in [-0.25, -0.2) is 4.79 Å². The average molecular weight is 498 g/mol. The van der Waals surface area contributed by atoms with Crippen molar-refractivity contribution in [2.45, 2.75) is 77.4 Å². The first-order chi connectivity index (χ1) is 17.3. The molecule has 1 fully saturated rings. The van der Waals surface area contributed by atoms with E-state index in [1.165, 1.54) is 29.4 Å². The fraction of sp³-hybridized carbons (Fsp3) is 0.519. The molecule has 1 aliphatic heterocycles. The van der Waals surface area contributed by atoms with Crippen molar-refractivity contribution in [3.63, 3.8) is 0 Å². The van der Waals surface area contributed by atoms with Crippen LogP contribution >= 0.6 is 0 Å². The smallest absolute Gasteiger partial charge is 0.353 e. The maximum atomic E-state index is 12.7. The summed E-state index contributed by atoms with van der Waals surface area (Å²) in [7, 11) is 0. The number of ether oxygens (including phenoxy) is 2. The van der Waals surface area contributed by atoms with Crippen LogP contribution in [0.4, 0.5) is 0 Å². The highest BCUT2D eigenvalue weighted by Crippen LogP contribution is 2.31. The molecule has 0 amide bonds. The monoisotopic (exact) mass is 497 g/mol. The molecular weight excluding hydrogens is 462 g/mol. The molecule has 0 bridgehead atoms. The van der Waals surface area contributed by atoms with Gasteiger partial charge >= 0.3 is 11.7 Å². The lowest BCUT2D eigenvalue weighted by atomic mass is 10.0. The van der Waals surface area contributed by atoms with Crippen LogP contribution in [0.5, 0.6) is 0 Å². The highest BCUT2D eigenvalue weighted by Gasteiger charge is 2.37. The summed E-state index contributed by atoms with van der Waals surface area (Å²) in [5.74, 6) is -0.00235. The lowest BCUT2D eigenvalue weighted by Crippen LogP contribution is -2.39. The van der Waals surface area contributed by atoms with Crippen LogP contribution in [0, 0.1) is 5.92 Å². The van der Waals surface area contributed by atoms with E-state index in [0.29, 0.717) is 11.1 Å². The van der Waals surface area contributed by atoms with Crippen molar-refractivity contribution in [3.8, 4) is 11.3 Å². The third-order valence-corrected chi connectivity index (χ3v) is 6.64. The van der Waals surface area contributed by atoms with Gasteiger partial charge in [0.25, 0.3) is 0 Å². The molecule has 0 radical (unpaired) electrons. The molecule has 1 saturated heterocycles. The van der Waals surface area contributed by atoms with Crippen molar-refractivity contribution in [3.05, 3.63) is 52.6 Å². The number of carbonyl (C=O) groups excluding carboxylic acids is 1. The third kappa shape index (κ3) is 5.86. The number of aromatic nitrogens is 2. The fourth-order valence-electron chi connectivity index (χ4n) is 4.26. The zero-order valence-electron chi connectivity index (χ0n) is 21.1. The summed E-state index contributed by atoms with van der Waals surface area (Å²) in [4.78, 5) is 28.8. The number of fused-ring (bicyclic) bond motifs is 1. The summed E-state index contributed by atoms with van der Waals surface area (Å²) in [6, 6.07) is 9.31. The molecule has 1 aromatic carbocycles. The fourth-order valence-corrected chi connectivity index (χ4v) is 4.26. The lowest BCUT2D eigenvalue weighted by molar-refractivity contribution is -0.152. The zero-order chi connectivity index (χ0) is 25.8. The number of benzene rings is 1. The molecule has 0 aliphatic carbocycles. The molecule has 36 heavy (non-hydrogen) atoms. The highest BCUT2D eigenvalue weighted by atomic mass is 16.6. The van der Waals surface area contributed by atoms with E-state index in [1.807, 2.05) is 32.0 Å². The first-order valence-corrected chi connectivity index (χ1v) is 12.6. The topological polar surface area (TPSA) is 130 Å². The predicted molar refractivity (Wildman–Crippen MR) is 135 cm³/mol. The Balaban J connectivity index is 1.46. The average Bonchev–Trinajstić information content (AvgIpc) is 3.44. The number of rotatable bonds is 10. The molecule has 3 unspecified atom stereocenters. The van der Waals surface area contributed by atoms with Crippen molar-refractivity contribution < 1.29 is 23.8 Å². The van der Waals surface area contributed by atoms with Crippen LogP contribution in [0.1, 0.15) is 58.2 Å². The standard InChI is InChI=1S/C27H35N3O6/c1-4-5-6-7-17-8-10-18(11-9-17)21-12-19-14-30(27(33)29-25(19)36-21)23-13-20(31)22(35-23)15-34-26(32)24(28)16(2)3/h8-12,14,16,20,22-24,31H,4-7,13,15,28H2,1-3H3/t20?,22?,23?,24-/m0/s1. The number of nitrogens with two attached hydrogens (primary N) is 1. The number of hydrogen-bond acceptors (Lipinski definition) is 8. The molecule has 9 heteroatoms. The number of esters is 1. The van der Waals surface area contributed by atoms with Gasteiger partial charge in [0.1, 0.15) is 30.7 Å². The molecule has 1 aliphatic rings.